The molecule has 1 aliphatic heterocycles. The van der Waals surface area contributed by atoms with E-state index in [0.29, 0.717) is 18.8 Å². The topological polar surface area (TPSA) is 64.8 Å². The van der Waals surface area contributed by atoms with Crippen molar-refractivity contribution < 1.29 is 14.3 Å². The van der Waals surface area contributed by atoms with Crippen LogP contribution in [0.4, 0.5) is 16.2 Å². The van der Waals surface area contributed by atoms with Gasteiger partial charge < -0.3 is 15.2 Å². The highest BCUT2D eigenvalue weighted by atomic mass is 16.6. The lowest BCUT2D eigenvalue weighted by molar-refractivity contribution is 0.0718. The Kier molecular flexibility index (Phi) is 3.20. The van der Waals surface area contributed by atoms with Crippen LogP contribution in [0.3, 0.4) is 0 Å². The second-order valence-corrected chi connectivity index (χ2v) is 4.86. The molecule has 104 valence electrons. The number of carbonyl (C=O) groups excluding carboxylic acids is 1. The van der Waals surface area contributed by atoms with E-state index in [9.17, 15) is 4.79 Å². The summed E-state index contributed by atoms with van der Waals surface area (Å²) in [5.41, 5.74) is 7.31. The number of amides is 1. The van der Waals surface area contributed by atoms with Crippen molar-refractivity contribution in [2.24, 2.45) is 0 Å². The van der Waals surface area contributed by atoms with E-state index in [2.05, 4.69) is 0 Å². The second kappa shape index (κ2) is 5.02. The van der Waals surface area contributed by atoms with Gasteiger partial charge in [0.05, 0.1) is 13.2 Å². The van der Waals surface area contributed by atoms with Crippen molar-refractivity contribution in [2.45, 2.75) is 6.10 Å². The SMILES string of the molecule is COCC1CN(c2ccc3ccc(N)cc3c2)C(=O)O1. The molecule has 3 rings (SSSR count). The Morgan fingerprint density at radius 3 is 2.90 bits per heavy atom. The first-order valence-corrected chi connectivity index (χ1v) is 6.44. The fourth-order valence-corrected chi connectivity index (χ4v) is 2.43. The summed E-state index contributed by atoms with van der Waals surface area (Å²) in [5.74, 6) is 0. The Bertz CT molecular complexity index is 657. The van der Waals surface area contributed by atoms with Gasteiger partial charge in [-0.2, -0.15) is 0 Å². The average Bonchev–Trinajstić information content (AvgIpc) is 2.79. The molecule has 1 fully saturated rings. The maximum Gasteiger partial charge on any atom is 0.414 e. The first kappa shape index (κ1) is 12.7. The van der Waals surface area contributed by atoms with Crippen LogP contribution in [0.5, 0.6) is 0 Å². The number of benzene rings is 2. The minimum Gasteiger partial charge on any atom is -0.441 e. The summed E-state index contributed by atoms with van der Waals surface area (Å²) in [5, 5.41) is 2.09. The number of hydrogen-bond acceptors (Lipinski definition) is 4. The minimum atomic E-state index is -0.338. The number of rotatable bonds is 3. The van der Waals surface area contributed by atoms with E-state index < -0.39 is 0 Å². The Labute approximate surface area is 116 Å². The standard InChI is InChI=1S/C15H16N2O3/c1-19-9-14-8-17(15(18)20-14)13-5-3-10-2-4-12(16)6-11(10)7-13/h2-7,14H,8-9,16H2,1H3. The molecule has 0 spiro atoms. The number of nitrogen functional groups attached to an aromatic ring is 1. The van der Waals surface area contributed by atoms with E-state index >= 15 is 0 Å². The van der Waals surface area contributed by atoms with Gasteiger partial charge in [-0.05, 0) is 35.0 Å². The molecule has 1 amide bonds. The van der Waals surface area contributed by atoms with Crippen molar-refractivity contribution in [3.05, 3.63) is 36.4 Å². The van der Waals surface area contributed by atoms with Crippen molar-refractivity contribution in [2.75, 3.05) is 30.9 Å². The van der Waals surface area contributed by atoms with Crippen molar-refractivity contribution in [3.63, 3.8) is 0 Å². The molecular weight excluding hydrogens is 256 g/mol. The number of ether oxygens (including phenoxy) is 2. The summed E-state index contributed by atoms with van der Waals surface area (Å²) in [6.45, 7) is 0.906. The van der Waals surface area contributed by atoms with Gasteiger partial charge in [-0.15, -0.1) is 0 Å². The summed E-state index contributed by atoms with van der Waals surface area (Å²) >= 11 is 0. The summed E-state index contributed by atoms with van der Waals surface area (Å²) in [7, 11) is 1.59. The fraction of sp³-hybridized carbons (Fsp3) is 0.267. The van der Waals surface area contributed by atoms with Gasteiger partial charge in [0.1, 0.15) is 6.10 Å². The van der Waals surface area contributed by atoms with E-state index in [1.165, 1.54) is 0 Å². The van der Waals surface area contributed by atoms with Crippen LogP contribution in [0, 0.1) is 0 Å². The van der Waals surface area contributed by atoms with Gasteiger partial charge in [0.2, 0.25) is 0 Å². The summed E-state index contributed by atoms with van der Waals surface area (Å²) < 4.78 is 10.3. The normalized spacial score (nSPS) is 18.6. The zero-order valence-electron chi connectivity index (χ0n) is 11.2. The van der Waals surface area contributed by atoms with Crippen molar-refractivity contribution in [1.29, 1.82) is 0 Å². The minimum absolute atomic E-state index is 0.218. The van der Waals surface area contributed by atoms with Crippen LogP contribution in [-0.4, -0.2) is 32.5 Å². The molecular formula is C15H16N2O3. The predicted octanol–water partition coefficient (Wildman–Crippen LogP) is 2.39. The Balaban J connectivity index is 1.92. The summed E-state index contributed by atoms with van der Waals surface area (Å²) in [4.78, 5) is 13.5. The van der Waals surface area contributed by atoms with E-state index in [-0.39, 0.29) is 12.2 Å². The van der Waals surface area contributed by atoms with Gasteiger partial charge in [0.15, 0.2) is 0 Å². The number of methoxy groups -OCH3 is 1. The zero-order chi connectivity index (χ0) is 14.1. The molecule has 1 aliphatic rings. The van der Waals surface area contributed by atoms with E-state index in [1.54, 1.807) is 12.0 Å². The maximum absolute atomic E-state index is 11.9. The van der Waals surface area contributed by atoms with Gasteiger partial charge in [0.25, 0.3) is 0 Å². The molecule has 2 N–H and O–H groups in total. The molecule has 5 heteroatoms. The Hall–Kier alpha value is -2.27. The third-order valence-corrected chi connectivity index (χ3v) is 3.39. The van der Waals surface area contributed by atoms with E-state index in [4.69, 9.17) is 15.2 Å². The highest BCUT2D eigenvalue weighted by Gasteiger charge is 2.32. The summed E-state index contributed by atoms with van der Waals surface area (Å²) in [6.07, 6.45) is -0.556. The molecule has 0 saturated carbocycles. The van der Waals surface area contributed by atoms with Crippen LogP contribution in [0.1, 0.15) is 0 Å². The monoisotopic (exact) mass is 272 g/mol. The smallest absolute Gasteiger partial charge is 0.414 e. The lowest BCUT2D eigenvalue weighted by atomic mass is 10.1. The van der Waals surface area contributed by atoms with Gasteiger partial charge in [-0.3, -0.25) is 4.90 Å². The molecule has 0 aromatic heterocycles. The van der Waals surface area contributed by atoms with Crippen LogP contribution in [-0.2, 0) is 9.47 Å². The van der Waals surface area contributed by atoms with E-state index in [1.807, 2.05) is 36.4 Å². The molecule has 1 atom stereocenters. The van der Waals surface area contributed by atoms with Gasteiger partial charge in [0, 0.05) is 18.5 Å². The quantitative estimate of drug-likeness (QED) is 0.871. The third kappa shape index (κ3) is 2.28. The second-order valence-electron chi connectivity index (χ2n) is 4.86. The van der Waals surface area contributed by atoms with Gasteiger partial charge >= 0.3 is 6.09 Å². The fourth-order valence-electron chi connectivity index (χ4n) is 2.43. The number of nitrogens with two attached hydrogens (primary N) is 1. The lowest BCUT2D eigenvalue weighted by Crippen LogP contribution is -2.25. The highest BCUT2D eigenvalue weighted by Crippen LogP contribution is 2.27. The first-order chi connectivity index (χ1) is 9.67. The maximum atomic E-state index is 11.9. The molecule has 1 unspecified atom stereocenters. The van der Waals surface area contributed by atoms with Gasteiger partial charge in [-0.25, -0.2) is 4.79 Å². The number of fused-ring (bicyclic) bond motifs is 1. The Morgan fingerprint density at radius 1 is 1.30 bits per heavy atom. The van der Waals surface area contributed by atoms with Crippen molar-refractivity contribution in [3.8, 4) is 0 Å². The highest BCUT2D eigenvalue weighted by molar-refractivity contribution is 5.95. The molecule has 20 heavy (non-hydrogen) atoms. The Morgan fingerprint density at radius 2 is 2.10 bits per heavy atom. The third-order valence-electron chi connectivity index (χ3n) is 3.39. The number of cyclic esters (lactones) is 1. The average molecular weight is 272 g/mol. The lowest BCUT2D eigenvalue weighted by Gasteiger charge is -2.14. The largest absolute Gasteiger partial charge is 0.441 e. The first-order valence-electron chi connectivity index (χ1n) is 6.44. The van der Waals surface area contributed by atoms with Crippen molar-refractivity contribution >= 4 is 28.2 Å². The molecule has 5 nitrogen and oxygen atoms in total. The van der Waals surface area contributed by atoms with Crippen molar-refractivity contribution in [1.82, 2.24) is 0 Å². The number of nitrogens with zero attached hydrogens (tertiary/aromatic N) is 1. The molecule has 0 bridgehead atoms. The zero-order valence-corrected chi connectivity index (χ0v) is 11.2. The van der Waals surface area contributed by atoms with Crippen LogP contribution in [0.25, 0.3) is 10.8 Å². The molecule has 1 heterocycles. The number of hydrogen-bond donors (Lipinski definition) is 1. The molecule has 0 radical (unpaired) electrons. The predicted molar refractivity (Wildman–Crippen MR) is 77.9 cm³/mol. The molecule has 2 aromatic rings. The molecule has 1 saturated heterocycles. The van der Waals surface area contributed by atoms with Gasteiger partial charge in [-0.1, -0.05) is 12.1 Å². The van der Waals surface area contributed by atoms with E-state index in [0.717, 1.165) is 16.5 Å². The summed E-state index contributed by atoms with van der Waals surface area (Å²) in [6, 6.07) is 11.6. The molecule has 2 aromatic carbocycles. The van der Waals surface area contributed by atoms with Crippen LogP contribution >= 0.6 is 0 Å². The van der Waals surface area contributed by atoms with Crippen LogP contribution in [0.15, 0.2) is 36.4 Å². The number of carbonyl (C=O) groups is 1. The molecule has 0 aliphatic carbocycles. The number of anilines is 2. The van der Waals surface area contributed by atoms with Crippen LogP contribution < -0.4 is 10.6 Å². The van der Waals surface area contributed by atoms with Crippen LogP contribution in [0.2, 0.25) is 0 Å².